The van der Waals surface area contributed by atoms with Gasteiger partial charge in [-0.25, -0.2) is 4.68 Å². The van der Waals surface area contributed by atoms with Gasteiger partial charge in [0.15, 0.2) is 5.96 Å². The van der Waals surface area contributed by atoms with Gasteiger partial charge in [0.2, 0.25) is 0 Å². The van der Waals surface area contributed by atoms with E-state index in [1.807, 2.05) is 36.0 Å². The van der Waals surface area contributed by atoms with E-state index < -0.39 is 0 Å². The molecule has 0 aliphatic rings. The van der Waals surface area contributed by atoms with E-state index in [9.17, 15) is 0 Å². The Labute approximate surface area is 156 Å². The highest BCUT2D eigenvalue weighted by Crippen LogP contribution is 2.10. The summed E-state index contributed by atoms with van der Waals surface area (Å²) in [6, 6.07) is 10.2. The van der Waals surface area contributed by atoms with Gasteiger partial charge in [-0.05, 0) is 43.0 Å². The predicted molar refractivity (Wildman–Crippen MR) is 107 cm³/mol. The summed E-state index contributed by atoms with van der Waals surface area (Å²) < 4.78 is 7.65. The first-order chi connectivity index (χ1) is 12.6. The lowest BCUT2D eigenvalue weighted by Crippen LogP contribution is -2.38. The Balaban J connectivity index is 1.83. The van der Waals surface area contributed by atoms with E-state index in [4.69, 9.17) is 4.74 Å². The highest BCUT2D eigenvalue weighted by Gasteiger charge is 2.12. The standard InChI is InChI=1S/C20H31N5O/c1-5-26-19(16(2)3)10-12-22-20(21-4)23-15-17-8-6-9-18(14-17)25-13-7-11-24-25/h6-9,11,13-14,16,19H,5,10,12,15H2,1-4H3,(H2,21,22,23). The molecule has 0 amide bonds. The summed E-state index contributed by atoms with van der Waals surface area (Å²) in [6.07, 6.45) is 4.96. The average molecular weight is 358 g/mol. The first-order valence-corrected chi connectivity index (χ1v) is 9.29. The molecular formula is C20H31N5O. The molecule has 0 bridgehead atoms. The van der Waals surface area contributed by atoms with Crippen molar-refractivity contribution in [2.24, 2.45) is 10.9 Å². The number of nitrogens with one attached hydrogen (secondary N) is 2. The van der Waals surface area contributed by atoms with Crippen molar-refractivity contribution in [2.75, 3.05) is 20.2 Å². The van der Waals surface area contributed by atoms with Gasteiger partial charge in [0.25, 0.3) is 0 Å². The van der Waals surface area contributed by atoms with Crippen molar-refractivity contribution in [1.29, 1.82) is 0 Å². The molecule has 1 heterocycles. The van der Waals surface area contributed by atoms with Crippen LogP contribution in [0.1, 0.15) is 32.8 Å². The molecule has 0 radical (unpaired) electrons. The molecular weight excluding hydrogens is 326 g/mol. The van der Waals surface area contributed by atoms with Gasteiger partial charge in [-0.1, -0.05) is 26.0 Å². The van der Waals surface area contributed by atoms with Crippen molar-refractivity contribution in [1.82, 2.24) is 20.4 Å². The number of benzene rings is 1. The van der Waals surface area contributed by atoms with Crippen LogP contribution in [0.5, 0.6) is 0 Å². The summed E-state index contributed by atoms with van der Waals surface area (Å²) in [5.74, 6) is 1.31. The van der Waals surface area contributed by atoms with E-state index in [2.05, 4.69) is 46.7 Å². The minimum Gasteiger partial charge on any atom is -0.378 e. The monoisotopic (exact) mass is 357 g/mol. The summed E-state index contributed by atoms with van der Waals surface area (Å²) in [6.45, 7) is 8.72. The zero-order valence-electron chi connectivity index (χ0n) is 16.3. The quantitative estimate of drug-likeness (QED) is 0.535. The fourth-order valence-corrected chi connectivity index (χ4v) is 2.79. The second kappa shape index (κ2) is 10.6. The van der Waals surface area contributed by atoms with Crippen LogP contribution in [-0.4, -0.2) is 42.0 Å². The molecule has 0 saturated heterocycles. The van der Waals surface area contributed by atoms with Gasteiger partial charge in [0.1, 0.15) is 0 Å². The van der Waals surface area contributed by atoms with Crippen LogP contribution in [0.3, 0.4) is 0 Å². The smallest absolute Gasteiger partial charge is 0.191 e. The minimum absolute atomic E-state index is 0.274. The van der Waals surface area contributed by atoms with E-state index in [-0.39, 0.29) is 6.10 Å². The molecule has 1 aromatic carbocycles. The lowest BCUT2D eigenvalue weighted by Gasteiger charge is -2.21. The Morgan fingerprint density at radius 3 is 2.77 bits per heavy atom. The number of guanidine groups is 1. The topological polar surface area (TPSA) is 63.5 Å². The SMILES string of the molecule is CCOC(CCNC(=NC)NCc1cccc(-n2cccn2)c1)C(C)C. The van der Waals surface area contributed by atoms with E-state index >= 15 is 0 Å². The molecule has 1 unspecified atom stereocenters. The van der Waals surface area contributed by atoms with Crippen LogP contribution < -0.4 is 10.6 Å². The molecule has 2 N–H and O–H groups in total. The lowest BCUT2D eigenvalue weighted by atomic mass is 10.0. The van der Waals surface area contributed by atoms with Crippen LogP contribution in [0.15, 0.2) is 47.7 Å². The summed E-state index contributed by atoms with van der Waals surface area (Å²) >= 11 is 0. The molecule has 0 fully saturated rings. The molecule has 0 aliphatic carbocycles. The second-order valence-corrected chi connectivity index (χ2v) is 6.50. The third-order valence-electron chi connectivity index (χ3n) is 4.21. The third kappa shape index (κ3) is 6.19. The second-order valence-electron chi connectivity index (χ2n) is 6.50. The Morgan fingerprint density at radius 1 is 1.27 bits per heavy atom. The maximum Gasteiger partial charge on any atom is 0.191 e. The van der Waals surface area contributed by atoms with Crippen molar-refractivity contribution in [2.45, 2.75) is 39.8 Å². The molecule has 1 atom stereocenters. The van der Waals surface area contributed by atoms with Gasteiger partial charge in [-0.3, -0.25) is 4.99 Å². The molecule has 6 nitrogen and oxygen atoms in total. The van der Waals surface area contributed by atoms with E-state index in [1.165, 1.54) is 5.56 Å². The molecule has 1 aromatic heterocycles. The molecule has 6 heteroatoms. The van der Waals surface area contributed by atoms with E-state index in [1.54, 1.807) is 13.2 Å². The fraction of sp³-hybridized carbons (Fsp3) is 0.500. The Morgan fingerprint density at radius 2 is 2.12 bits per heavy atom. The van der Waals surface area contributed by atoms with Crippen LogP contribution in [-0.2, 0) is 11.3 Å². The highest BCUT2D eigenvalue weighted by molar-refractivity contribution is 5.79. The van der Waals surface area contributed by atoms with Crippen molar-refractivity contribution in [3.8, 4) is 5.69 Å². The van der Waals surface area contributed by atoms with Gasteiger partial charge in [-0.2, -0.15) is 5.10 Å². The van der Waals surface area contributed by atoms with Crippen molar-refractivity contribution >= 4 is 5.96 Å². The average Bonchev–Trinajstić information content (AvgIpc) is 3.18. The van der Waals surface area contributed by atoms with Crippen molar-refractivity contribution < 1.29 is 4.74 Å². The maximum atomic E-state index is 5.79. The van der Waals surface area contributed by atoms with Gasteiger partial charge in [-0.15, -0.1) is 0 Å². The van der Waals surface area contributed by atoms with Crippen LogP contribution in [0.2, 0.25) is 0 Å². The number of aliphatic imine (C=N–C) groups is 1. The van der Waals surface area contributed by atoms with Crippen LogP contribution in [0, 0.1) is 5.92 Å². The van der Waals surface area contributed by atoms with Gasteiger partial charge in [0.05, 0.1) is 11.8 Å². The molecule has 26 heavy (non-hydrogen) atoms. The molecule has 0 saturated carbocycles. The summed E-state index contributed by atoms with van der Waals surface area (Å²) in [5, 5.41) is 11.0. The largest absolute Gasteiger partial charge is 0.378 e. The van der Waals surface area contributed by atoms with Crippen LogP contribution in [0.25, 0.3) is 5.69 Å². The van der Waals surface area contributed by atoms with Gasteiger partial charge >= 0.3 is 0 Å². The third-order valence-corrected chi connectivity index (χ3v) is 4.21. The lowest BCUT2D eigenvalue weighted by molar-refractivity contribution is 0.0258. The number of rotatable bonds is 9. The first kappa shape index (κ1) is 20.0. The van der Waals surface area contributed by atoms with Crippen molar-refractivity contribution in [3.63, 3.8) is 0 Å². The minimum atomic E-state index is 0.274. The predicted octanol–water partition coefficient (Wildman–Crippen LogP) is 2.99. The van der Waals surface area contributed by atoms with Gasteiger partial charge in [0, 0.05) is 39.1 Å². The summed E-state index contributed by atoms with van der Waals surface area (Å²) in [4.78, 5) is 4.30. The zero-order chi connectivity index (χ0) is 18.8. The van der Waals surface area contributed by atoms with Crippen LogP contribution in [0.4, 0.5) is 0 Å². The number of aromatic nitrogens is 2. The molecule has 0 aliphatic heterocycles. The molecule has 2 rings (SSSR count). The first-order valence-electron chi connectivity index (χ1n) is 9.29. The fourth-order valence-electron chi connectivity index (χ4n) is 2.79. The van der Waals surface area contributed by atoms with E-state index in [0.717, 1.165) is 31.2 Å². The Bertz CT molecular complexity index is 667. The summed E-state index contributed by atoms with van der Waals surface area (Å²) in [7, 11) is 1.79. The van der Waals surface area contributed by atoms with E-state index in [0.29, 0.717) is 12.5 Å². The molecule has 2 aromatic rings. The highest BCUT2D eigenvalue weighted by atomic mass is 16.5. The van der Waals surface area contributed by atoms with Crippen LogP contribution >= 0.6 is 0 Å². The normalized spacial score (nSPS) is 13.0. The van der Waals surface area contributed by atoms with Crippen molar-refractivity contribution in [3.05, 3.63) is 48.3 Å². The maximum absolute atomic E-state index is 5.79. The number of hydrogen-bond acceptors (Lipinski definition) is 3. The molecule has 142 valence electrons. The number of ether oxygens (including phenoxy) is 1. The Kier molecular flexibility index (Phi) is 8.15. The van der Waals surface area contributed by atoms with Gasteiger partial charge < -0.3 is 15.4 Å². The Hall–Kier alpha value is -2.34. The number of nitrogens with zero attached hydrogens (tertiary/aromatic N) is 3. The summed E-state index contributed by atoms with van der Waals surface area (Å²) in [5.41, 5.74) is 2.23. The number of hydrogen-bond donors (Lipinski definition) is 2. The zero-order valence-corrected chi connectivity index (χ0v) is 16.3. The molecule has 0 spiro atoms.